The van der Waals surface area contributed by atoms with Gasteiger partial charge in [0.2, 0.25) is 0 Å². The van der Waals surface area contributed by atoms with Gasteiger partial charge in [-0.05, 0) is 44.5 Å². The molecule has 206 valence electrons. The fraction of sp³-hybridized carbons (Fsp3) is 0.476. The molecule has 1 saturated heterocycles. The summed E-state index contributed by atoms with van der Waals surface area (Å²) in [6.45, 7) is 3.86. The van der Waals surface area contributed by atoms with Crippen molar-refractivity contribution >= 4 is 31.1 Å². The molecule has 38 heavy (non-hydrogen) atoms. The van der Waals surface area contributed by atoms with E-state index in [9.17, 15) is 19.3 Å². The Balaban J connectivity index is 1.89. The number of carbonyl (C=O) groups is 1. The normalized spacial score (nSPS) is 25.1. The summed E-state index contributed by atoms with van der Waals surface area (Å²) in [5, 5.41) is 17.3. The molecule has 0 spiro atoms. The van der Waals surface area contributed by atoms with Crippen LogP contribution in [0.3, 0.4) is 0 Å². The lowest BCUT2D eigenvalue weighted by molar-refractivity contribution is -0.144. The number of aliphatic hydroxyl groups excluding tert-OH is 1. The molecule has 1 aliphatic rings. The van der Waals surface area contributed by atoms with Crippen molar-refractivity contribution in [1.82, 2.24) is 14.6 Å². The van der Waals surface area contributed by atoms with Gasteiger partial charge < -0.3 is 24.8 Å². The molecule has 0 saturated carbocycles. The molecular weight excluding hydrogens is 545 g/mol. The van der Waals surface area contributed by atoms with E-state index in [1.165, 1.54) is 38.2 Å². The predicted molar refractivity (Wildman–Crippen MR) is 135 cm³/mol. The van der Waals surface area contributed by atoms with E-state index in [4.69, 9.17) is 41.4 Å². The highest BCUT2D eigenvalue weighted by Crippen LogP contribution is 2.48. The minimum atomic E-state index is -4.37. The van der Waals surface area contributed by atoms with E-state index >= 15 is 0 Å². The summed E-state index contributed by atoms with van der Waals surface area (Å²) >= 11 is 6.14. The van der Waals surface area contributed by atoms with Gasteiger partial charge in [-0.25, -0.2) is 9.36 Å². The topological polar surface area (TPSA) is 213 Å². The quantitative estimate of drug-likeness (QED) is 0.117. The number of nitrogen functional groups attached to an aromatic ring is 1. The van der Waals surface area contributed by atoms with Crippen molar-refractivity contribution in [3.05, 3.63) is 62.5 Å². The Labute approximate surface area is 222 Å². The van der Waals surface area contributed by atoms with Gasteiger partial charge in [0.1, 0.15) is 29.3 Å². The molecule has 15 nitrogen and oxygen atoms in total. The third kappa shape index (κ3) is 6.45. The summed E-state index contributed by atoms with van der Waals surface area (Å²) in [5.41, 5.74) is 12.1. The maximum atomic E-state index is 13.7. The Morgan fingerprint density at radius 1 is 1.47 bits per heavy atom. The Bertz CT molecular complexity index is 1320. The summed E-state index contributed by atoms with van der Waals surface area (Å²) < 4.78 is 36.6. The average Bonchev–Trinajstić information content (AvgIpc) is 3.09. The molecule has 1 fully saturated rings. The predicted octanol–water partition coefficient (Wildman–Crippen LogP) is 2.55. The Hall–Kier alpha value is -3.16. The van der Waals surface area contributed by atoms with Crippen molar-refractivity contribution in [3.63, 3.8) is 0 Å². The first-order valence-electron chi connectivity index (χ1n) is 11.3. The highest BCUT2D eigenvalue weighted by atomic mass is 35.5. The van der Waals surface area contributed by atoms with Gasteiger partial charge >= 0.3 is 19.4 Å². The SMILES string of the molecule is CCOC(=O)[C@H](C)NP(=O)(OC[C@H]1O[C@@H](n2ccc(N)nc2=O)[C@](C)(N=[N+]=[N-])[C@@H]1O)Oc1ccccc1Cl. The number of halogens is 1. The highest BCUT2D eigenvalue weighted by molar-refractivity contribution is 7.52. The second-order valence-electron chi connectivity index (χ2n) is 8.35. The number of carbonyl (C=O) groups excluding carboxylic acids is 1. The highest BCUT2D eigenvalue weighted by Gasteiger charge is 2.55. The minimum absolute atomic E-state index is 0.00903. The molecule has 1 aliphatic heterocycles. The Morgan fingerprint density at radius 2 is 2.18 bits per heavy atom. The molecule has 4 N–H and O–H groups in total. The molecular formula is C21H27ClN7O8P. The number of hydrogen-bond donors (Lipinski definition) is 3. The molecule has 2 heterocycles. The van der Waals surface area contributed by atoms with Gasteiger partial charge in [0, 0.05) is 11.1 Å². The summed E-state index contributed by atoms with van der Waals surface area (Å²) in [5.74, 6) is -0.776. The van der Waals surface area contributed by atoms with E-state index in [2.05, 4.69) is 20.1 Å². The zero-order valence-corrected chi connectivity index (χ0v) is 22.3. The number of ether oxygens (including phenoxy) is 2. The van der Waals surface area contributed by atoms with E-state index in [1.807, 2.05) is 0 Å². The number of azide groups is 1. The standard InChI is InChI=1S/C21H27ClN7O8P/c1-4-34-18(31)12(2)26-38(33,37-14-8-6-5-7-13(14)22)35-11-15-17(30)21(3,27-28-24)19(36-15)29-10-9-16(23)25-20(29)32/h5-10,12,15,17,19,30H,4,11H2,1-3H3,(H,26,33)(H2,23,25,32)/t12-,15+,17+,19+,21+,38?/m0/s1. The maximum absolute atomic E-state index is 13.7. The Morgan fingerprint density at radius 3 is 2.82 bits per heavy atom. The lowest BCUT2D eigenvalue weighted by atomic mass is 9.93. The third-order valence-corrected chi connectivity index (χ3v) is 7.52. The van der Waals surface area contributed by atoms with Crippen LogP contribution in [0.25, 0.3) is 10.4 Å². The van der Waals surface area contributed by atoms with Crippen LogP contribution in [0, 0.1) is 0 Å². The van der Waals surface area contributed by atoms with E-state index in [-0.39, 0.29) is 23.2 Å². The van der Waals surface area contributed by atoms with Crippen LogP contribution >= 0.6 is 19.3 Å². The third-order valence-electron chi connectivity index (χ3n) is 5.57. The van der Waals surface area contributed by atoms with Crippen LogP contribution in [0.1, 0.15) is 27.0 Å². The molecule has 0 bridgehead atoms. The van der Waals surface area contributed by atoms with Gasteiger partial charge in [-0.1, -0.05) is 28.8 Å². The fourth-order valence-corrected chi connectivity index (χ4v) is 5.40. The second kappa shape index (κ2) is 12.1. The van der Waals surface area contributed by atoms with Crippen LogP contribution in [0.15, 0.2) is 46.4 Å². The van der Waals surface area contributed by atoms with Crippen molar-refractivity contribution in [3.8, 4) is 5.75 Å². The molecule has 1 aromatic carbocycles. The van der Waals surface area contributed by atoms with Crippen LogP contribution in [-0.2, 0) is 23.4 Å². The van der Waals surface area contributed by atoms with Crippen LogP contribution in [0.4, 0.5) is 5.82 Å². The molecule has 1 unspecified atom stereocenters. The first kappa shape index (κ1) is 29.4. The molecule has 17 heteroatoms. The first-order valence-corrected chi connectivity index (χ1v) is 13.2. The summed E-state index contributed by atoms with van der Waals surface area (Å²) in [7, 11) is -4.37. The molecule has 2 aromatic rings. The number of hydrogen-bond acceptors (Lipinski definition) is 11. The first-order chi connectivity index (χ1) is 17.9. The number of esters is 1. The van der Waals surface area contributed by atoms with Crippen LogP contribution in [0.5, 0.6) is 5.75 Å². The largest absolute Gasteiger partial charge is 0.465 e. The molecule has 1 aromatic heterocycles. The van der Waals surface area contributed by atoms with E-state index < -0.39 is 56.0 Å². The van der Waals surface area contributed by atoms with Crippen molar-refractivity contribution in [2.45, 2.75) is 50.8 Å². The molecule has 0 aliphatic carbocycles. The minimum Gasteiger partial charge on any atom is -0.465 e. The van der Waals surface area contributed by atoms with Gasteiger partial charge in [-0.3, -0.25) is 13.9 Å². The molecule has 0 amide bonds. The summed E-state index contributed by atoms with van der Waals surface area (Å²) in [6, 6.07) is 6.34. The Kier molecular flexibility index (Phi) is 9.39. The molecule has 0 radical (unpaired) electrons. The summed E-state index contributed by atoms with van der Waals surface area (Å²) in [4.78, 5) is 31.0. The van der Waals surface area contributed by atoms with Crippen LogP contribution in [0.2, 0.25) is 5.02 Å². The zero-order valence-electron chi connectivity index (χ0n) is 20.6. The number of para-hydroxylation sites is 1. The van der Waals surface area contributed by atoms with E-state index in [1.54, 1.807) is 19.1 Å². The number of anilines is 1. The number of nitrogens with zero attached hydrogens (tertiary/aromatic N) is 5. The van der Waals surface area contributed by atoms with Gasteiger partial charge in [0.15, 0.2) is 6.23 Å². The van der Waals surface area contributed by atoms with Crippen molar-refractivity contribution < 1.29 is 33.0 Å². The van der Waals surface area contributed by atoms with Crippen molar-refractivity contribution in [1.29, 1.82) is 0 Å². The summed E-state index contributed by atoms with van der Waals surface area (Å²) in [6.07, 6.45) is -2.87. The van der Waals surface area contributed by atoms with E-state index in [0.717, 1.165) is 4.57 Å². The zero-order chi connectivity index (χ0) is 28.1. The average molecular weight is 572 g/mol. The van der Waals surface area contributed by atoms with Gasteiger partial charge in [-0.2, -0.15) is 10.1 Å². The fourth-order valence-electron chi connectivity index (χ4n) is 3.65. The number of nitrogens with two attached hydrogens (primary N) is 1. The van der Waals surface area contributed by atoms with Crippen LogP contribution < -0.4 is 21.0 Å². The number of rotatable bonds is 11. The monoisotopic (exact) mass is 571 g/mol. The number of aliphatic hydroxyl groups is 1. The number of benzene rings is 1. The molecule has 6 atom stereocenters. The molecule has 3 rings (SSSR count). The van der Waals surface area contributed by atoms with Crippen LogP contribution in [-0.4, -0.2) is 57.6 Å². The van der Waals surface area contributed by atoms with Gasteiger partial charge in [-0.15, -0.1) is 0 Å². The number of nitrogens with one attached hydrogen (secondary N) is 1. The maximum Gasteiger partial charge on any atom is 0.459 e. The van der Waals surface area contributed by atoms with E-state index in [0.29, 0.717) is 0 Å². The van der Waals surface area contributed by atoms with Gasteiger partial charge in [0.25, 0.3) is 0 Å². The number of aromatic nitrogens is 2. The lowest BCUT2D eigenvalue weighted by Crippen LogP contribution is -2.45. The van der Waals surface area contributed by atoms with Crippen molar-refractivity contribution in [2.75, 3.05) is 18.9 Å². The smallest absolute Gasteiger partial charge is 0.459 e. The van der Waals surface area contributed by atoms with Crippen molar-refractivity contribution in [2.24, 2.45) is 5.11 Å². The van der Waals surface area contributed by atoms with Gasteiger partial charge in [0.05, 0.1) is 24.3 Å². The second-order valence-corrected chi connectivity index (χ2v) is 10.4. The lowest BCUT2D eigenvalue weighted by Gasteiger charge is -2.28.